The first-order valence-electron chi connectivity index (χ1n) is 4.46. The van der Waals surface area contributed by atoms with Crippen molar-refractivity contribution in [2.45, 2.75) is 18.8 Å². The molecule has 1 heterocycles. The monoisotopic (exact) mass is 181 g/mol. The number of hydrogen-bond donors (Lipinski definition) is 1. The second-order valence-electron chi connectivity index (χ2n) is 3.85. The molecule has 12 heavy (non-hydrogen) atoms. The Bertz CT molecular complexity index is 255. The molecule has 0 aromatic carbocycles. The second kappa shape index (κ2) is 2.86. The Kier molecular flexibility index (Phi) is 1.97. The van der Waals surface area contributed by atoms with Crippen LogP contribution in [0, 0.1) is 5.92 Å². The summed E-state index contributed by atoms with van der Waals surface area (Å²) >= 11 is 1.89. The van der Waals surface area contributed by atoms with Crippen LogP contribution in [0.3, 0.4) is 0 Å². The van der Waals surface area contributed by atoms with Crippen molar-refractivity contribution in [2.24, 2.45) is 5.92 Å². The fraction of sp³-hybridized carbons (Fsp3) is 0.600. The van der Waals surface area contributed by atoms with Gasteiger partial charge in [-0.05, 0) is 37.4 Å². The molecule has 1 fully saturated rings. The fourth-order valence-electron chi connectivity index (χ4n) is 1.90. The quantitative estimate of drug-likeness (QED) is 0.754. The largest absolute Gasteiger partial charge is 0.319 e. The summed E-state index contributed by atoms with van der Waals surface area (Å²) in [6, 6.07) is 4.42. The summed E-state index contributed by atoms with van der Waals surface area (Å²) in [7, 11) is 2.03. The second-order valence-corrected chi connectivity index (χ2v) is 4.80. The molecule has 1 nitrogen and oxygen atoms in total. The summed E-state index contributed by atoms with van der Waals surface area (Å²) in [5, 5.41) is 5.43. The van der Waals surface area contributed by atoms with Gasteiger partial charge in [0, 0.05) is 10.3 Å². The number of nitrogens with one attached hydrogen (secondary N) is 1. The molecule has 1 aliphatic carbocycles. The summed E-state index contributed by atoms with van der Waals surface area (Å²) < 4.78 is 0. The van der Waals surface area contributed by atoms with Crippen LogP contribution in [0.1, 0.15) is 18.2 Å². The van der Waals surface area contributed by atoms with Crippen molar-refractivity contribution < 1.29 is 0 Å². The van der Waals surface area contributed by atoms with Gasteiger partial charge in [-0.2, -0.15) is 0 Å². The maximum Gasteiger partial charge on any atom is 0.0108 e. The maximum absolute atomic E-state index is 3.25. The predicted octanol–water partition coefficient (Wildman–Crippen LogP) is 2.25. The van der Waals surface area contributed by atoms with Crippen LogP contribution in [0.15, 0.2) is 17.5 Å². The van der Waals surface area contributed by atoms with Crippen molar-refractivity contribution in [1.29, 1.82) is 0 Å². The van der Waals surface area contributed by atoms with Crippen LogP contribution >= 0.6 is 11.3 Å². The van der Waals surface area contributed by atoms with Crippen LogP contribution in [0.25, 0.3) is 0 Å². The molecular formula is C10H15NS. The lowest BCUT2D eigenvalue weighted by Crippen LogP contribution is -2.14. The van der Waals surface area contributed by atoms with E-state index in [0.717, 1.165) is 12.5 Å². The summed E-state index contributed by atoms with van der Waals surface area (Å²) in [4.78, 5) is 1.56. The minimum absolute atomic E-state index is 0.497. The highest BCUT2D eigenvalue weighted by atomic mass is 32.1. The standard InChI is InChI=1S/C10H15NS/c1-10(6-8(10)7-11-2)9-4-3-5-12-9/h3-5,8,11H,6-7H2,1-2H3/t8-,10-/m0/s1. The normalized spacial score (nSPS) is 33.7. The highest BCUT2D eigenvalue weighted by Gasteiger charge is 2.51. The van der Waals surface area contributed by atoms with Gasteiger partial charge in [0.1, 0.15) is 0 Å². The average molecular weight is 181 g/mol. The molecule has 0 aliphatic heterocycles. The topological polar surface area (TPSA) is 12.0 Å². The van der Waals surface area contributed by atoms with Gasteiger partial charge < -0.3 is 5.32 Å². The lowest BCUT2D eigenvalue weighted by molar-refractivity contribution is 0.624. The van der Waals surface area contributed by atoms with Gasteiger partial charge >= 0.3 is 0 Å². The highest BCUT2D eigenvalue weighted by molar-refractivity contribution is 7.10. The number of hydrogen-bond acceptors (Lipinski definition) is 2. The molecule has 0 radical (unpaired) electrons. The van der Waals surface area contributed by atoms with Gasteiger partial charge in [0.15, 0.2) is 0 Å². The van der Waals surface area contributed by atoms with Gasteiger partial charge in [-0.15, -0.1) is 11.3 Å². The first-order chi connectivity index (χ1) is 5.77. The average Bonchev–Trinajstić information content (AvgIpc) is 2.57. The van der Waals surface area contributed by atoms with Gasteiger partial charge in [-0.1, -0.05) is 13.0 Å². The van der Waals surface area contributed by atoms with Crippen LogP contribution in [-0.4, -0.2) is 13.6 Å². The predicted molar refractivity (Wildman–Crippen MR) is 53.7 cm³/mol. The lowest BCUT2D eigenvalue weighted by Gasteiger charge is -2.07. The van der Waals surface area contributed by atoms with Crippen LogP contribution in [0.2, 0.25) is 0 Å². The van der Waals surface area contributed by atoms with Gasteiger partial charge in [0.2, 0.25) is 0 Å². The molecule has 2 atom stereocenters. The number of thiophene rings is 1. The Morgan fingerprint density at radius 3 is 3.17 bits per heavy atom. The van der Waals surface area contributed by atoms with Gasteiger partial charge in [0.05, 0.1) is 0 Å². The van der Waals surface area contributed by atoms with E-state index in [1.807, 2.05) is 18.4 Å². The molecule has 1 N–H and O–H groups in total. The van der Waals surface area contributed by atoms with Crippen LogP contribution in [-0.2, 0) is 5.41 Å². The molecule has 66 valence electrons. The molecular weight excluding hydrogens is 166 g/mol. The molecule has 0 unspecified atom stereocenters. The molecule has 1 aliphatic rings. The zero-order chi connectivity index (χ0) is 8.60. The highest BCUT2D eigenvalue weighted by Crippen LogP contribution is 2.54. The summed E-state index contributed by atoms with van der Waals surface area (Å²) in [5.41, 5.74) is 0.497. The fourth-order valence-corrected chi connectivity index (χ4v) is 2.88. The first kappa shape index (κ1) is 8.27. The molecule has 0 spiro atoms. The van der Waals surface area contributed by atoms with Crippen LogP contribution in [0.5, 0.6) is 0 Å². The van der Waals surface area contributed by atoms with Crippen molar-refractivity contribution in [1.82, 2.24) is 5.32 Å². The SMILES string of the molecule is CNC[C@@H]1C[C@]1(C)c1cccs1. The van der Waals surface area contributed by atoms with Gasteiger partial charge in [-0.3, -0.25) is 0 Å². The maximum atomic E-state index is 3.25. The molecule has 0 saturated heterocycles. The van der Waals surface area contributed by atoms with Crippen molar-refractivity contribution in [3.05, 3.63) is 22.4 Å². The van der Waals surface area contributed by atoms with E-state index in [1.165, 1.54) is 6.42 Å². The van der Waals surface area contributed by atoms with Gasteiger partial charge in [0.25, 0.3) is 0 Å². The Morgan fingerprint density at radius 2 is 2.58 bits per heavy atom. The zero-order valence-corrected chi connectivity index (χ0v) is 8.45. The van der Waals surface area contributed by atoms with Crippen LogP contribution < -0.4 is 5.32 Å². The first-order valence-corrected chi connectivity index (χ1v) is 5.34. The molecule has 2 rings (SSSR count). The smallest absolute Gasteiger partial charge is 0.0108 e. The van der Waals surface area contributed by atoms with E-state index in [0.29, 0.717) is 5.41 Å². The van der Waals surface area contributed by atoms with E-state index in [-0.39, 0.29) is 0 Å². The van der Waals surface area contributed by atoms with E-state index in [9.17, 15) is 0 Å². The van der Waals surface area contributed by atoms with Crippen molar-refractivity contribution in [3.8, 4) is 0 Å². The van der Waals surface area contributed by atoms with Gasteiger partial charge in [-0.25, -0.2) is 0 Å². The number of rotatable bonds is 3. The molecule has 0 amide bonds. The van der Waals surface area contributed by atoms with E-state index in [4.69, 9.17) is 0 Å². The van der Waals surface area contributed by atoms with Crippen molar-refractivity contribution in [3.63, 3.8) is 0 Å². The molecule has 0 bridgehead atoms. The third-order valence-electron chi connectivity index (χ3n) is 2.95. The third-order valence-corrected chi connectivity index (χ3v) is 4.10. The van der Waals surface area contributed by atoms with Crippen LogP contribution in [0.4, 0.5) is 0 Å². The summed E-state index contributed by atoms with van der Waals surface area (Å²) in [5.74, 6) is 0.862. The Balaban J connectivity index is 2.07. The lowest BCUT2D eigenvalue weighted by atomic mass is 10.0. The van der Waals surface area contributed by atoms with E-state index in [2.05, 4.69) is 29.8 Å². The van der Waals surface area contributed by atoms with Crippen molar-refractivity contribution >= 4 is 11.3 Å². The van der Waals surface area contributed by atoms with E-state index < -0.39 is 0 Å². The van der Waals surface area contributed by atoms with E-state index >= 15 is 0 Å². The third kappa shape index (κ3) is 1.19. The minimum Gasteiger partial charge on any atom is -0.319 e. The zero-order valence-electron chi connectivity index (χ0n) is 7.63. The molecule has 1 saturated carbocycles. The summed E-state index contributed by atoms with van der Waals surface area (Å²) in [6.07, 6.45) is 1.36. The minimum atomic E-state index is 0.497. The molecule has 2 heteroatoms. The molecule has 1 aromatic heterocycles. The Morgan fingerprint density at radius 1 is 1.75 bits per heavy atom. The summed E-state index contributed by atoms with van der Waals surface area (Å²) in [6.45, 7) is 3.54. The van der Waals surface area contributed by atoms with E-state index in [1.54, 1.807) is 4.88 Å². The molecule has 1 aromatic rings. The Hall–Kier alpha value is -0.340. The Labute approximate surface area is 77.8 Å². The van der Waals surface area contributed by atoms with Crippen molar-refractivity contribution in [2.75, 3.05) is 13.6 Å².